The van der Waals surface area contributed by atoms with Crippen LogP contribution < -0.4 is 5.32 Å². The third kappa shape index (κ3) is 4.21. The third-order valence-corrected chi connectivity index (χ3v) is 4.80. The van der Waals surface area contributed by atoms with Crippen molar-refractivity contribution in [1.29, 1.82) is 0 Å². The molecule has 0 saturated carbocycles. The quantitative estimate of drug-likeness (QED) is 0.752. The molecule has 24 heavy (non-hydrogen) atoms. The number of aryl methyl sites for hydroxylation is 2. The lowest BCUT2D eigenvalue weighted by atomic mass is 10.1. The van der Waals surface area contributed by atoms with Gasteiger partial charge in [0.25, 0.3) is 0 Å². The number of carbonyl (C=O) groups is 1. The summed E-state index contributed by atoms with van der Waals surface area (Å²) in [4.78, 5) is 17.4. The fourth-order valence-corrected chi connectivity index (χ4v) is 3.32. The van der Waals surface area contributed by atoms with Crippen molar-refractivity contribution in [2.24, 2.45) is 0 Å². The van der Waals surface area contributed by atoms with E-state index in [0.717, 1.165) is 33.0 Å². The fraction of sp³-hybridized carbons (Fsp3) is 0.235. The molecule has 1 amide bonds. The zero-order valence-corrected chi connectivity index (χ0v) is 15.0. The molecule has 0 aliphatic carbocycles. The lowest BCUT2D eigenvalue weighted by molar-refractivity contribution is -0.116. The summed E-state index contributed by atoms with van der Waals surface area (Å²) in [5.41, 5.74) is 3.21. The molecule has 0 bridgehead atoms. The number of amides is 1. The van der Waals surface area contributed by atoms with Crippen molar-refractivity contribution >= 4 is 34.0 Å². The first-order valence-corrected chi connectivity index (χ1v) is 8.67. The van der Waals surface area contributed by atoms with E-state index >= 15 is 0 Å². The molecule has 5 nitrogen and oxygen atoms in total. The van der Waals surface area contributed by atoms with E-state index in [1.54, 1.807) is 17.1 Å². The molecule has 0 atom stereocenters. The van der Waals surface area contributed by atoms with Crippen LogP contribution in [0.5, 0.6) is 0 Å². The topological polar surface area (TPSA) is 59.8 Å². The Morgan fingerprint density at radius 2 is 2.17 bits per heavy atom. The molecular weight excluding hydrogens is 344 g/mol. The van der Waals surface area contributed by atoms with Crippen LogP contribution in [0.1, 0.15) is 21.6 Å². The van der Waals surface area contributed by atoms with Gasteiger partial charge in [-0.2, -0.15) is 5.10 Å². The van der Waals surface area contributed by atoms with Crippen LogP contribution in [0.25, 0.3) is 0 Å². The van der Waals surface area contributed by atoms with Crippen LogP contribution in [0, 0.1) is 13.8 Å². The highest BCUT2D eigenvalue weighted by molar-refractivity contribution is 7.15. The lowest BCUT2D eigenvalue weighted by Crippen LogP contribution is -2.18. The van der Waals surface area contributed by atoms with Gasteiger partial charge in [0.05, 0.1) is 6.20 Å². The summed E-state index contributed by atoms with van der Waals surface area (Å²) in [5.74, 6) is -0.141. The molecule has 7 heteroatoms. The van der Waals surface area contributed by atoms with E-state index in [9.17, 15) is 4.79 Å². The smallest absolute Gasteiger partial charge is 0.247 e. The first-order chi connectivity index (χ1) is 11.5. The molecule has 2 aromatic heterocycles. The van der Waals surface area contributed by atoms with Gasteiger partial charge < -0.3 is 5.32 Å². The fourth-order valence-electron chi connectivity index (χ4n) is 2.25. The van der Waals surface area contributed by atoms with Crippen molar-refractivity contribution in [1.82, 2.24) is 14.8 Å². The van der Waals surface area contributed by atoms with Gasteiger partial charge in [0.15, 0.2) is 5.13 Å². The number of nitrogens with zero attached hydrogens (tertiary/aromatic N) is 3. The minimum atomic E-state index is -0.141. The normalized spacial score (nSPS) is 10.8. The SMILES string of the molecule is Cc1cnn(CC(=O)Nc2ncc(Cc3ccc(C)c(Cl)c3)s2)c1. The molecule has 0 fully saturated rings. The summed E-state index contributed by atoms with van der Waals surface area (Å²) in [6.45, 7) is 4.09. The number of hydrogen-bond acceptors (Lipinski definition) is 4. The summed E-state index contributed by atoms with van der Waals surface area (Å²) < 4.78 is 1.60. The van der Waals surface area contributed by atoms with Gasteiger partial charge in [-0.3, -0.25) is 9.48 Å². The van der Waals surface area contributed by atoms with Gasteiger partial charge in [-0.05, 0) is 36.6 Å². The highest BCUT2D eigenvalue weighted by Crippen LogP contribution is 2.23. The lowest BCUT2D eigenvalue weighted by Gasteiger charge is -2.02. The summed E-state index contributed by atoms with van der Waals surface area (Å²) in [6, 6.07) is 6.03. The predicted octanol–water partition coefficient (Wildman–Crippen LogP) is 3.84. The number of thiazole rings is 1. The Balaban J connectivity index is 1.60. The number of aromatic nitrogens is 3. The first kappa shape index (κ1) is 16.7. The van der Waals surface area contributed by atoms with E-state index in [2.05, 4.69) is 21.5 Å². The molecule has 3 aromatic rings. The maximum Gasteiger partial charge on any atom is 0.247 e. The van der Waals surface area contributed by atoms with Gasteiger partial charge in [0, 0.05) is 28.7 Å². The van der Waals surface area contributed by atoms with Gasteiger partial charge >= 0.3 is 0 Å². The Hall–Kier alpha value is -2.18. The van der Waals surface area contributed by atoms with E-state index in [-0.39, 0.29) is 12.5 Å². The highest BCUT2D eigenvalue weighted by atomic mass is 35.5. The zero-order valence-electron chi connectivity index (χ0n) is 13.4. The maximum atomic E-state index is 12.0. The summed E-state index contributed by atoms with van der Waals surface area (Å²) in [7, 11) is 0. The number of benzene rings is 1. The zero-order chi connectivity index (χ0) is 17.1. The Morgan fingerprint density at radius 1 is 1.33 bits per heavy atom. The van der Waals surface area contributed by atoms with Gasteiger partial charge in [-0.15, -0.1) is 11.3 Å². The van der Waals surface area contributed by atoms with E-state index in [4.69, 9.17) is 11.6 Å². The number of anilines is 1. The van der Waals surface area contributed by atoms with Crippen LogP contribution in [0.4, 0.5) is 5.13 Å². The second kappa shape index (κ2) is 7.15. The third-order valence-electron chi connectivity index (χ3n) is 3.48. The molecule has 3 rings (SSSR count). The summed E-state index contributed by atoms with van der Waals surface area (Å²) >= 11 is 7.62. The summed E-state index contributed by atoms with van der Waals surface area (Å²) in [5, 5.41) is 8.27. The standard InChI is InChI=1S/C17H17ClN4OS/c1-11-7-20-22(9-11)10-16(23)21-17-19-8-14(24-17)5-13-4-3-12(2)15(18)6-13/h3-4,6-9H,5,10H2,1-2H3,(H,19,21,23). The van der Waals surface area contributed by atoms with E-state index in [1.165, 1.54) is 11.3 Å². The average molecular weight is 361 g/mol. The number of carbonyl (C=O) groups excluding carboxylic acids is 1. The van der Waals surface area contributed by atoms with Crippen LogP contribution in [0.2, 0.25) is 5.02 Å². The second-order valence-corrected chi connectivity index (χ2v) is 7.18. The molecule has 124 valence electrons. The minimum absolute atomic E-state index is 0.141. The molecule has 0 aliphatic heterocycles. The van der Waals surface area contributed by atoms with Gasteiger partial charge in [0.1, 0.15) is 6.54 Å². The number of nitrogens with one attached hydrogen (secondary N) is 1. The second-order valence-electron chi connectivity index (χ2n) is 5.66. The molecule has 0 saturated heterocycles. The molecule has 1 N–H and O–H groups in total. The molecule has 0 spiro atoms. The molecule has 1 aromatic carbocycles. The number of hydrogen-bond donors (Lipinski definition) is 1. The van der Waals surface area contributed by atoms with E-state index < -0.39 is 0 Å². The summed E-state index contributed by atoms with van der Waals surface area (Å²) in [6.07, 6.45) is 6.08. The Bertz CT molecular complexity index is 871. The van der Waals surface area contributed by atoms with Crippen LogP contribution in [0.15, 0.2) is 36.8 Å². The number of rotatable bonds is 5. The molecule has 0 unspecified atom stereocenters. The van der Waals surface area contributed by atoms with Gasteiger partial charge in [0.2, 0.25) is 5.91 Å². The highest BCUT2D eigenvalue weighted by Gasteiger charge is 2.09. The molecule has 2 heterocycles. The van der Waals surface area contributed by atoms with Crippen molar-refractivity contribution < 1.29 is 4.79 Å². The Kier molecular flexibility index (Phi) is 4.97. The van der Waals surface area contributed by atoms with Crippen LogP contribution >= 0.6 is 22.9 Å². The van der Waals surface area contributed by atoms with Crippen molar-refractivity contribution in [2.45, 2.75) is 26.8 Å². The van der Waals surface area contributed by atoms with Crippen LogP contribution in [-0.4, -0.2) is 20.7 Å². The average Bonchev–Trinajstić information content (AvgIpc) is 3.12. The van der Waals surface area contributed by atoms with E-state index in [0.29, 0.717) is 5.13 Å². The maximum absolute atomic E-state index is 12.0. The van der Waals surface area contributed by atoms with Crippen LogP contribution in [0.3, 0.4) is 0 Å². The minimum Gasteiger partial charge on any atom is -0.300 e. The Labute approximate surface area is 149 Å². The molecule has 0 radical (unpaired) electrons. The predicted molar refractivity (Wildman–Crippen MR) is 96.7 cm³/mol. The van der Waals surface area contributed by atoms with Gasteiger partial charge in [-0.25, -0.2) is 4.98 Å². The van der Waals surface area contributed by atoms with Crippen molar-refractivity contribution in [3.8, 4) is 0 Å². The van der Waals surface area contributed by atoms with Crippen molar-refractivity contribution in [3.63, 3.8) is 0 Å². The molecular formula is C17H17ClN4OS. The first-order valence-electron chi connectivity index (χ1n) is 7.48. The van der Waals surface area contributed by atoms with Crippen LogP contribution in [-0.2, 0) is 17.8 Å². The number of halogens is 1. The van der Waals surface area contributed by atoms with Gasteiger partial charge in [-0.1, -0.05) is 23.7 Å². The van der Waals surface area contributed by atoms with E-state index in [1.807, 2.05) is 32.2 Å². The monoisotopic (exact) mass is 360 g/mol. The van der Waals surface area contributed by atoms with Crippen molar-refractivity contribution in [2.75, 3.05) is 5.32 Å². The Morgan fingerprint density at radius 3 is 2.88 bits per heavy atom. The molecule has 0 aliphatic rings. The largest absolute Gasteiger partial charge is 0.300 e. The van der Waals surface area contributed by atoms with Crippen molar-refractivity contribution in [3.05, 3.63) is 63.4 Å².